The third kappa shape index (κ3) is 7.05. The van der Waals surface area contributed by atoms with E-state index in [1.165, 1.54) is 0 Å². The molecular weight excluding hydrogens is 407 g/mol. The highest BCUT2D eigenvalue weighted by molar-refractivity contribution is 14.0. The fourth-order valence-corrected chi connectivity index (χ4v) is 2.58. The van der Waals surface area contributed by atoms with Crippen LogP contribution in [0.2, 0.25) is 0 Å². The zero-order valence-corrected chi connectivity index (χ0v) is 16.5. The van der Waals surface area contributed by atoms with Gasteiger partial charge in [-0.05, 0) is 19.4 Å². The van der Waals surface area contributed by atoms with Gasteiger partial charge < -0.3 is 15.8 Å². The highest BCUT2D eigenvalue weighted by atomic mass is 127. The monoisotopic (exact) mass is 436 g/mol. The molecule has 1 aromatic rings. The number of aliphatic imine (C=N–C) groups is 1. The summed E-state index contributed by atoms with van der Waals surface area (Å²) < 4.78 is 7.16. The van der Waals surface area contributed by atoms with E-state index in [2.05, 4.69) is 27.2 Å². The van der Waals surface area contributed by atoms with Crippen LogP contribution in [0.5, 0.6) is 0 Å². The maximum atomic E-state index is 5.92. The van der Waals surface area contributed by atoms with Gasteiger partial charge in [0.1, 0.15) is 0 Å². The van der Waals surface area contributed by atoms with Gasteiger partial charge in [0.15, 0.2) is 5.96 Å². The Morgan fingerprint density at radius 3 is 2.87 bits per heavy atom. The van der Waals surface area contributed by atoms with Gasteiger partial charge in [-0.3, -0.25) is 9.58 Å². The topological polar surface area (TPSA) is 80.7 Å². The van der Waals surface area contributed by atoms with Crippen LogP contribution in [0.3, 0.4) is 0 Å². The molecule has 1 fully saturated rings. The second-order valence-electron chi connectivity index (χ2n) is 5.56. The molecule has 1 aliphatic rings. The van der Waals surface area contributed by atoms with Crippen LogP contribution < -0.4 is 11.1 Å². The number of hydrogen-bond donors (Lipinski definition) is 2. The summed E-state index contributed by atoms with van der Waals surface area (Å²) in [4.78, 5) is 6.82. The number of nitrogens with zero attached hydrogens (tertiary/aromatic N) is 4. The minimum absolute atomic E-state index is 0. The molecular formula is C15H29IN6O. The van der Waals surface area contributed by atoms with Gasteiger partial charge in [-0.25, -0.2) is 4.99 Å². The van der Waals surface area contributed by atoms with Crippen LogP contribution in [-0.4, -0.2) is 60.0 Å². The number of morpholine rings is 1. The molecule has 0 amide bonds. The molecule has 0 unspecified atom stereocenters. The second-order valence-corrected chi connectivity index (χ2v) is 5.56. The van der Waals surface area contributed by atoms with E-state index in [1.54, 1.807) is 0 Å². The Morgan fingerprint density at radius 2 is 2.17 bits per heavy atom. The molecule has 2 rings (SSSR count). The van der Waals surface area contributed by atoms with Crippen LogP contribution in [0, 0.1) is 0 Å². The lowest BCUT2D eigenvalue weighted by Gasteiger charge is -2.26. The number of guanidine groups is 1. The van der Waals surface area contributed by atoms with E-state index in [-0.39, 0.29) is 24.0 Å². The smallest absolute Gasteiger partial charge is 0.188 e. The molecule has 1 aromatic heterocycles. The summed E-state index contributed by atoms with van der Waals surface area (Å²) in [6.45, 7) is 8.37. The van der Waals surface area contributed by atoms with Crippen molar-refractivity contribution < 1.29 is 4.74 Å². The number of nitrogens with two attached hydrogens (primary N) is 1. The highest BCUT2D eigenvalue weighted by Crippen LogP contribution is 2.08. The molecule has 132 valence electrons. The number of nitrogens with one attached hydrogen (secondary N) is 1. The molecule has 0 bridgehead atoms. The molecule has 23 heavy (non-hydrogen) atoms. The maximum absolute atomic E-state index is 5.92. The standard InChI is InChI=1S/C15H28N6O.HI/c1-3-14-13(12-20(2)19-14)11-18-15(16)17-5-4-6-21-7-9-22-10-8-21;/h12H,3-11H2,1-2H3,(H3,16,17,18);1H. The molecule has 0 atom stereocenters. The normalized spacial score (nSPS) is 16.2. The number of aryl methyl sites for hydroxylation is 2. The van der Waals surface area contributed by atoms with Crippen LogP contribution in [0.1, 0.15) is 24.6 Å². The van der Waals surface area contributed by atoms with Crippen LogP contribution in [0.15, 0.2) is 11.2 Å². The first-order valence-corrected chi connectivity index (χ1v) is 8.04. The SMILES string of the molecule is CCc1nn(C)cc1CN=C(N)NCCCN1CCOCC1.I. The first-order chi connectivity index (χ1) is 10.7. The summed E-state index contributed by atoms with van der Waals surface area (Å²) in [7, 11) is 1.93. The van der Waals surface area contributed by atoms with Gasteiger partial charge in [-0.1, -0.05) is 6.92 Å². The molecule has 8 heteroatoms. The summed E-state index contributed by atoms with van der Waals surface area (Å²) in [6.07, 6.45) is 3.98. The Bertz CT molecular complexity index is 484. The number of aromatic nitrogens is 2. The lowest BCUT2D eigenvalue weighted by Crippen LogP contribution is -2.39. The van der Waals surface area contributed by atoms with Crippen molar-refractivity contribution in [3.05, 3.63) is 17.5 Å². The molecule has 0 aromatic carbocycles. The van der Waals surface area contributed by atoms with Crippen molar-refractivity contribution in [3.8, 4) is 0 Å². The van der Waals surface area contributed by atoms with E-state index in [0.29, 0.717) is 12.5 Å². The molecule has 2 heterocycles. The Balaban J connectivity index is 0.00000264. The number of hydrogen-bond acceptors (Lipinski definition) is 4. The van der Waals surface area contributed by atoms with Crippen LogP contribution in [0.4, 0.5) is 0 Å². The van der Waals surface area contributed by atoms with E-state index < -0.39 is 0 Å². The minimum Gasteiger partial charge on any atom is -0.379 e. The Morgan fingerprint density at radius 1 is 1.43 bits per heavy atom. The van der Waals surface area contributed by atoms with Crippen molar-refractivity contribution in [2.45, 2.75) is 26.3 Å². The van der Waals surface area contributed by atoms with Gasteiger partial charge in [0.2, 0.25) is 0 Å². The van der Waals surface area contributed by atoms with Gasteiger partial charge in [-0.2, -0.15) is 5.10 Å². The summed E-state index contributed by atoms with van der Waals surface area (Å²) >= 11 is 0. The largest absolute Gasteiger partial charge is 0.379 e. The zero-order valence-electron chi connectivity index (χ0n) is 14.1. The van der Waals surface area contributed by atoms with Crippen molar-refractivity contribution in [1.82, 2.24) is 20.0 Å². The fraction of sp³-hybridized carbons (Fsp3) is 0.733. The number of halogens is 1. The van der Waals surface area contributed by atoms with Crippen LogP contribution in [0.25, 0.3) is 0 Å². The number of ether oxygens (including phenoxy) is 1. The van der Waals surface area contributed by atoms with E-state index >= 15 is 0 Å². The molecule has 3 N–H and O–H groups in total. The molecule has 0 radical (unpaired) electrons. The van der Waals surface area contributed by atoms with Crippen molar-refractivity contribution in [1.29, 1.82) is 0 Å². The van der Waals surface area contributed by atoms with Gasteiger partial charge >= 0.3 is 0 Å². The third-order valence-corrected chi connectivity index (χ3v) is 3.81. The van der Waals surface area contributed by atoms with Gasteiger partial charge in [0.05, 0.1) is 25.5 Å². The van der Waals surface area contributed by atoms with Crippen LogP contribution >= 0.6 is 24.0 Å². The van der Waals surface area contributed by atoms with Crippen molar-refractivity contribution in [2.75, 3.05) is 39.4 Å². The van der Waals surface area contributed by atoms with Gasteiger partial charge in [0.25, 0.3) is 0 Å². The van der Waals surface area contributed by atoms with E-state index in [1.807, 2.05) is 17.9 Å². The number of rotatable bonds is 7. The predicted molar refractivity (Wildman–Crippen MR) is 103 cm³/mol. The molecule has 0 aliphatic carbocycles. The first kappa shape index (κ1) is 20.2. The Kier molecular flexibility index (Phi) is 9.49. The van der Waals surface area contributed by atoms with E-state index in [4.69, 9.17) is 10.5 Å². The average Bonchev–Trinajstić information content (AvgIpc) is 2.90. The maximum Gasteiger partial charge on any atom is 0.188 e. The van der Waals surface area contributed by atoms with Gasteiger partial charge in [0, 0.05) is 38.4 Å². The molecule has 1 saturated heterocycles. The molecule has 0 spiro atoms. The summed E-state index contributed by atoms with van der Waals surface area (Å²) in [5.74, 6) is 0.507. The lowest BCUT2D eigenvalue weighted by atomic mass is 10.2. The summed E-state index contributed by atoms with van der Waals surface area (Å²) in [5.41, 5.74) is 8.15. The first-order valence-electron chi connectivity index (χ1n) is 8.04. The van der Waals surface area contributed by atoms with Crippen molar-refractivity contribution in [2.24, 2.45) is 17.8 Å². The molecule has 1 aliphatic heterocycles. The van der Waals surface area contributed by atoms with Gasteiger partial charge in [-0.15, -0.1) is 24.0 Å². The Hall–Kier alpha value is -0.870. The third-order valence-electron chi connectivity index (χ3n) is 3.81. The quantitative estimate of drug-likeness (QED) is 0.285. The fourth-order valence-electron chi connectivity index (χ4n) is 2.58. The Labute approximate surface area is 155 Å². The van der Waals surface area contributed by atoms with E-state index in [9.17, 15) is 0 Å². The lowest BCUT2D eigenvalue weighted by molar-refractivity contribution is 0.0376. The highest BCUT2D eigenvalue weighted by Gasteiger charge is 2.09. The predicted octanol–water partition coefficient (Wildman–Crippen LogP) is 0.727. The summed E-state index contributed by atoms with van der Waals surface area (Å²) in [5, 5.41) is 7.58. The average molecular weight is 436 g/mol. The summed E-state index contributed by atoms with van der Waals surface area (Å²) in [6, 6.07) is 0. The second kappa shape index (κ2) is 10.8. The van der Waals surface area contributed by atoms with Crippen molar-refractivity contribution in [3.63, 3.8) is 0 Å². The molecule has 0 saturated carbocycles. The zero-order chi connectivity index (χ0) is 15.8. The minimum atomic E-state index is 0. The molecule has 7 nitrogen and oxygen atoms in total. The van der Waals surface area contributed by atoms with E-state index in [0.717, 1.165) is 63.5 Å². The van der Waals surface area contributed by atoms with Crippen molar-refractivity contribution >= 4 is 29.9 Å². The van der Waals surface area contributed by atoms with Crippen LogP contribution in [-0.2, 0) is 24.8 Å².